The van der Waals surface area contributed by atoms with Gasteiger partial charge in [0.05, 0.1) is 6.54 Å². The fourth-order valence-electron chi connectivity index (χ4n) is 2.93. The lowest BCUT2D eigenvalue weighted by molar-refractivity contribution is -0.114. The van der Waals surface area contributed by atoms with Gasteiger partial charge in [-0.25, -0.2) is 0 Å². The van der Waals surface area contributed by atoms with Crippen molar-refractivity contribution in [2.24, 2.45) is 0 Å². The summed E-state index contributed by atoms with van der Waals surface area (Å²) in [7, 11) is 0. The molecule has 0 aliphatic carbocycles. The lowest BCUT2D eigenvalue weighted by atomic mass is 10.1. The van der Waals surface area contributed by atoms with E-state index in [2.05, 4.69) is 16.0 Å². The first-order valence-electron chi connectivity index (χ1n) is 9.09. The van der Waals surface area contributed by atoms with Crippen LogP contribution < -0.4 is 16.0 Å². The van der Waals surface area contributed by atoms with Crippen molar-refractivity contribution in [3.8, 4) is 0 Å². The fraction of sp³-hybridized carbons (Fsp3) is 0.130. The minimum atomic E-state index is -0.194. The van der Waals surface area contributed by atoms with Gasteiger partial charge < -0.3 is 16.0 Å². The molecule has 0 spiro atoms. The molecule has 0 bridgehead atoms. The summed E-state index contributed by atoms with van der Waals surface area (Å²) in [6, 6.07) is 22.1. The highest BCUT2D eigenvalue weighted by Gasteiger charge is 2.08. The topological polar surface area (TPSA) is 70.2 Å². The Bertz CT molecular complexity index is 964. The van der Waals surface area contributed by atoms with Crippen molar-refractivity contribution in [1.29, 1.82) is 0 Å². The zero-order valence-corrected chi connectivity index (χ0v) is 16.0. The molecule has 28 heavy (non-hydrogen) atoms. The normalized spacial score (nSPS) is 10.2. The molecule has 5 nitrogen and oxygen atoms in total. The maximum Gasteiger partial charge on any atom is 0.255 e. The van der Waals surface area contributed by atoms with Crippen LogP contribution in [0.15, 0.2) is 72.8 Å². The second-order valence-electron chi connectivity index (χ2n) is 6.57. The highest BCUT2D eigenvalue weighted by molar-refractivity contribution is 6.04. The molecule has 0 saturated heterocycles. The number of nitrogens with one attached hydrogen (secondary N) is 3. The first-order valence-corrected chi connectivity index (χ1v) is 9.09. The molecule has 3 aromatic carbocycles. The number of carbonyl (C=O) groups is 2. The molecule has 142 valence electrons. The number of para-hydroxylation sites is 1. The molecule has 0 unspecified atom stereocenters. The van der Waals surface area contributed by atoms with Crippen molar-refractivity contribution in [2.75, 3.05) is 22.5 Å². The molecule has 2 amide bonds. The van der Waals surface area contributed by atoms with E-state index in [4.69, 9.17) is 0 Å². The predicted molar refractivity (Wildman–Crippen MR) is 114 cm³/mol. The van der Waals surface area contributed by atoms with Gasteiger partial charge in [0, 0.05) is 22.6 Å². The van der Waals surface area contributed by atoms with Crippen molar-refractivity contribution in [3.63, 3.8) is 0 Å². The number of amides is 2. The number of aryl methyl sites for hydroxylation is 2. The first-order chi connectivity index (χ1) is 13.5. The van der Waals surface area contributed by atoms with Gasteiger partial charge in [-0.1, -0.05) is 42.5 Å². The summed E-state index contributed by atoms with van der Waals surface area (Å²) in [6.45, 7) is 4.17. The van der Waals surface area contributed by atoms with Gasteiger partial charge in [0.1, 0.15) is 0 Å². The van der Waals surface area contributed by atoms with Crippen LogP contribution in [-0.2, 0) is 4.79 Å². The molecule has 0 atom stereocenters. The van der Waals surface area contributed by atoms with E-state index < -0.39 is 0 Å². The Kier molecular flexibility index (Phi) is 6.07. The van der Waals surface area contributed by atoms with Crippen LogP contribution in [0.25, 0.3) is 0 Å². The van der Waals surface area contributed by atoms with Gasteiger partial charge in [0.25, 0.3) is 5.91 Å². The first kappa shape index (κ1) is 19.2. The van der Waals surface area contributed by atoms with E-state index in [-0.39, 0.29) is 18.4 Å². The number of benzene rings is 3. The monoisotopic (exact) mass is 373 g/mol. The van der Waals surface area contributed by atoms with Gasteiger partial charge in [-0.15, -0.1) is 0 Å². The molecule has 5 heteroatoms. The van der Waals surface area contributed by atoms with Crippen LogP contribution in [0.1, 0.15) is 21.5 Å². The number of hydrogen-bond acceptors (Lipinski definition) is 3. The van der Waals surface area contributed by atoms with E-state index in [1.807, 2.05) is 50.2 Å². The molecule has 3 rings (SSSR count). The SMILES string of the molecule is Cc1cccc(C)c1NCC(=O)Nc1cccc(NC(=O)c2ccccc2)c1. The zero-order chi connectivity index (χ0) is 19.9. The summed E-state index contributed by atoms with van der Waals surface area (Å²) >= 11 is 0. The Morgan fingerprint density at radius 3 is 2.04 bits per heavy atom. The van der Waals surface area contributed by atoms with Crippen molar-refractivity contribution in [1.82, 2.24) is 0 Å². The Hall–Kier alpha value is -3.60. The highest BCUT2D eigenvalue weighted by atomic mass is 16.2. The molecular weight excluding hydrogens is 350 g/mol. The Morgan fingerprint density at radius 1 is 0.750 bits per heavy atom. The molecule has 3 aromatic rings. The molecule has 0 heterocycles. The van der Waals surface area contributed by atoms with Crippen molar-refractivity contribution >= 4 is 28.9 Å². The largest absolute Gasteiger partial charge is 0.376 e. The van der Waals surface area contributed by atoms with Gasteiger partial charge in [0.2, 0.25) is 5.91 Å². The smallest absolute Gasteiger partial charge is 0.255 e. The van der Waals surface area contributed by atoms with E-state index >= 15 is 0 Å². The Morgan fingerprint density at radius 2 is 1.36 bits per heavy atom. The summed E-state index contributed by atoms with van der Waals surface area (Å²) in [5, 5.41) is 8.88. The molecule has 0 aliphatic heterocycles. The highest BCUT2D eigenvalue weighted by Crippen LogP contribution is 2.19. The average Bonchev–Trinajstić information content (AvgIpc) is 2.68. The third kappa shape index (κ3) is 4.98. The van der Waals surface area contributed by atoms with E-state index in [9.17, 15) is 9.59 Å². The van der Waals surface area contributed by atoms with Crippen LogP contribution in [0.2, 0.25) is 0 Å². The van der Waals surface area contributed by atoms with E-state index in [1.165, 1.54) is 0 Å². The summed E-state index contributed by atoms with van der Waals surface area (Å²) in [5.41, 5.74) is 4.99. The van der Waals surface area contributed by atoms with Crippen molar-refractivity contribution in [3.05, 3.63) is 89.5 Å². The Balaban J connectivity index is 1.59. The lowest BCUT2D eigenvalue weighted by Crippen LogP contribution is -2.22. The second-order valence-corrected chi connectivity index (χ2v) is 6.57. The quantitative estimate of drug-likeness (QED) is 0.591. The van der Waals surface area contributed by atoms with Gasteiger partial charge in [0.15, 0.2) is 0 Å². The summed E-state index contributed by atoms with van der Waals surface area (Å²) in [5.74, 6) is -0.352. The van der Waals surface area contributed by atoms with Gasteiger partial charge in [-0.05, 0) is 55.3 Å². The van der Waals surface area contributed by atoms with Crippen LogP contribution in [0.5, 0.6) is 0 Å². The molecular formula is C23H23N3O2. The molecule has 0 fully saturated rings. The molecule has 0 aliphatic rings. The second kappa shape index (κ2) is 8.86. The summed E-state index contributed by atoms with van der Waals surface area (Å²) < 4.78 is 0. The third-order valence-electron chi connectivity index (χ3n) is 4.35. The van der Waals surface area contributed by atoms with Crippen LogP contribution in [0.4, 0.5) is 17.1 Å². The summed E-state index contributed by atoms with van der Waals surface area (Å²) in [4.78, 5) is 24.6. The predicted octanol–water partition coefficient (Wildman–Crippen LogP) is 4.61. The fourth-order valence-corrected chi connectivity index (χ4v) is 2.93. The van der Waals surface area contributed by atoms with E-state index in [0.717, 1.165) is 16.8 Å². The molecule has 3 N–H and O–H groups in total. The number of rotatable bonds is 6. The Labute approximate surface area is 164 Å². The maximum absolute atomic E-state index is 12.3. The zero-order valence-electron chi connectivity index (χ0n) is 16.0. The number of anilines is 3. The molecule has 0 radical (unpaired) electrons. The number of carbonyl (C=O) groups excluding carboxylic acids is 2. The maximum atomic E-state index is 12.3. The average molecular weight is 373 g/mol. The third-order valence-corrected chi connectivity index (χ3v) is 4.35. The van der Waals surface area contributed by atoms with Gasteiger partial charge >= 0.3 is 0 Å². The minimum Gasteiger partial charge on any atom is -0.376 e. The minimum absolute atomic E-state index is 0.158. The summed E-state index contributed by atoms with van der Waals surface area (Å²) in [6.07, 6.45) is 0. The van der Waals surface area contributed by atoms with Crippen LogP contribution in [-0.4, -0.2) is 18.4 Å². The van der Waals surface area contributed by atoms with Crippen LogP contribution in [0.3, 0.4) is 0 Å². The number of hydrogen-bond donors (Lipinski definition) is 3. The van der Waals surface area contributed by atoms with Crippen molar-refractivity contribution < 1.29 is 9.59 Å². The van der Waals surface area contributed by atoms with Gasteiger partial charge in [-0.2, -0.15) is 0 Å². The van der Waals surface area contributed by atoms with E-state index in [0.29, 0.717) is 16.9 Å². The van der Waals surface area contributed by atoms with Gasteiger partial charge in [-0.3, -0.25) is 9.59 Å². The molecule has 0 aromatic heterocycles. The van der Waals surface area contributed by atoms with Crippen LogP contribution in [0, 0.1) is 13.8 Å². The van der Waals surface area contributed by atoms with Crippen molar-refractivity contribution in [2.45, 2.75) is 13.8 Å². The van der Waals surface area contributed by atoms with Crippen LogP contribution >= 0.6 is 0 Å². The van der Waals surface area contributed by atoms with E-state index in [1.54, 1.807) is 36.4 Å². The lowest BCUT2D eigenvalue weighted by Gasteiger charge is -2.13. The molecule has 0 saturated carbocycles. The standard InChI is InChI=1S/C23H23N3O2/c1-16-8-6-9-17(2)22(16)24-15-21(27)25-19-12-7-13-20(14-19)26-23(28)18-10-4-3-5-11-18/h3-14,24H,15H2,1-2H3,(H,25,27)(H,26,28).